The van der Waals surface area contributed by atoms with Gasteiger partial charge in [-0.2, -0.15) is 0 Å². The van der Waals surface area contributed by atoms with E-state index in [1.54, 1.807) is 34.2 Å². The predicted octanol–water partition coefficient (Wildman–Crippen LogP) is 2.85. The van der Waals surface area contributed by atoms with E-state index in [1.807, 2.05) is 6.07 Å². The molecule has 2 aliphatic heterocycles. The molecule has 8 heteroatoms. The zero-order chi connectivity index (χ0) is 20.4. The zero-order valence-electron chi connectivity index (χ0n) is 15.7. The first-order valence-electron chi connectivity index (χ1n) is 8.54. The number of benzene rings is 1. The second kappa shape index (κ2) is 8.02. The lowest BCUT2D eigenvalue weighted by Gasteiger charge is -2.28. The normalized spacial score (nSPS) is 15.4. The molecule has 1 amide bonds. The molecule has 146 valence electrons. The minimum atomic E-state index is -0.697. The van der Waals surface area contributed by atoms with Crippen molar-refractivity contribution in [1.82, 2.24) is 0 Å². The lowest BCUT2D eigenvalue weighted by Crippen LogP contribution is -2.30. The van der Waals surface area contributed by atoms with E-state index in [0.29, 0.717) is 24.3 Å². The van der Waals surface area contributed by atoms with E-state index in [-0.39, 0.29) is 17.2 Å². The molecule has 0 spiro atoms. The van der Waals surface area contributed by atoms with Crippen molar-refractivity contribution in [2.24, 2.45) is 0 Å². The number of nitrogens with zero attached hydrogens (tertiary/aromatic N) is 2. The number of ether oxygens (including phenoxy) is 2. The standard InChI is InChI=1S/C20H19BrN2O5/c1-12(24)22-9-7-13-10-14(21)11-16(17(13)22)23-8-5-4-6-15(19(25)27-2)18(23)20(26)28-3/h4-6,8,10-11H,7,9H2,1-3H3. The third-order valence-corrected chi connectivity index (χ3v) is 4.99. The molecule has 2 aliphatic rings. The van der Waals surface area contributed by atoms with Crippen LogP contribution in [0.3, 0.4) is 0 Å². The van der Waals surface area contributed by atoms with Crippen LogP contribution >= 0.6 is 15.9 Å². The maximum absolute atomic E-state index is 12.6. The van der Waals surface area contributed by atoms with Crippen LogP contribution < -0.4 is 9.80 Å². The van der Waals surface area contributed by atoms with Gasteiger partial charge in [-0.1, -0.05) is 22.0 Å². The molecule has 0 unspecified atom stereocenters. The van der Waals surface area contributed by atoms with Crippen molar-refractivity contribution in [2.45, 2.75) is 13.3 Å². The first-order chi connectivity index (χ1) is 13.4. The summed E-state index contributed by atoms with van der Waals surface area (Å²) in [6, 6.07) is 3.75. The Balaban J connectivity index is 2.29. The molecule has 0 atom stereocenters. The van der Waals surface area contributed by atoms with Gasteiger partial charge in [0.25, 0.3) is 0 Å². The van der Waals surface area contributed by atoms with Crippen LogP contribution in [0.4, 0.5) is 11.4 Å². The highest BCUT2D eigenvalue weighted by Gasteiger charge is 2.33. The maximum Gasteiger partial charge on any atom is 0.355 e. The van der Waals surface area contributed by atoms with Gasteiger partial charge in [-0.15, -0.1) is 0 Å². The molecule has 0 N–H and O–H groups in total. The fraction of sp³-hybridized carbons (Fsp3) is 0.250. The van der Waals surface area contributed by atoms with Crippen LogP contribution in [0.1, 0.15) is 12.5 Å². The third-order valence-electron chi connectivity index (χ3n) is 4.54. The molecule has 1 aromatic carbocycles. The highest BCUT2D eigenvalue weighted by Crippen LogP contribution is 2.42. The van der Waals surface area contributed by atoms with E-state index >= 15 is 0 Å². The molecule has 0 bridgehead atoms. The van der Waals surface area contributed by atoms with Crippen LogP contribution in [-0.2, 0) is 30.3 Å². The number of fused-ring (bicyclic) bond motifs is 1. The molecule has 0 aliphatic carbocycles. The molecule has 2 heterocycles. The summed E-state index contributed by atoms with van der Waals surface area (Å²) in [5.41, 5.74) is 2.32. The first-order valence-corrected chi connectivity index (χ1v) is 9.33. The quantitative estimate of drug-likeness (QED) is 0.664. The highest BCUT2D eigenvalue weighted by atomic mass is 79.9. The Morgan fingerprint density at radius 1 is 1.07 bits per heavy atom. The summed E-state index contributed by atoms with van der Waals surface area (Å²) < 4.78 is 10.6. The zero-order valence-corrected chi connectivity index (χ0v) is 17.3. The smallest absolute Gasteiger partial charge is 0.355 e. The molecule has 0 fully saturated rings. The lowest BCUT2D eigenvalue weighted by molar-refractivity contribution is -0.139. The summed E-state index contributed by atoms with van der Waals surface area (Å²) in [4.78, 5) is 40.4. The van der Waals surface area contributed by atoms with Crippen molar-refractivity contribution >= 4 is 45.2 Å². The fourth-order valence-corrected chi connectivity index (χ4v) is 3.83. The number of halogens is 1. The van der Waals surface area contributed by atoms with Crippen molar-refractivity contribution in [2.75, 3.05) is 30.6 Å². The van der Waals surface area contributed by atoms with E-state index in [1.165, 1.54) is 27.2 Å². The Labute approximate surface area is 171 Å². The van der Waals surface area contributed by atoms with Gasteiger partial charge in [-0.3, -0.25) is 4.79 Å². The van der Waals surface area contributed by atoms with Crippen LogP contribution in [0.15, 0.2) is 52.3 Å². The summed E-state index contributed by atoms with van der Waals surface area (Å²) in [6.07, 6.45) is 7.17. The van der Waals surface area contributed by atoms with Gasteiger partial charge >= 0.3 is 11.9 Å². The highest BCUT2D eigenvalue weighted by molar-refractivity contribution is 9.10. The number of anilines is 2. The van der Waals surface area contributed by atoms with Gasteiger partial charge in [0.2, 0.25) is 5.91 Å². The molecular formula is C20H19BrN2O5. The SMILES string of the molecule is COC(=O)C1=C(C(=O)OC)N(c2cc(Br)cc3c2N(C(C)=O)CC3)C=CC=C1. The molecular weight excluding hydrogens is 428 g/mol. The second-order valence-corrected chi connectivity index (χ2v) is 7.09. The van der Waals surface area contributed by atoms with Crippen molar-refractivity contribution in [1.29, 1.82) is 0 Å². The van der Waals surface area contributed by atoms with E-state index < -0.39 is 11.9 Å². The number of rotatable bonds is 3. The number of hydrogen-bond acceptors (Lipinski definition) is 6. The van der Waals surface area contributed by atoms with E-state index in [2.05, 4.69) is 15.9 Å². The van der Waals surface area contributed by atoms with Crippen LogP contribution in [0.5, 0.6) is 0 Å². The number of carbonyl (C=O) groups is 3. The summed E-state index contributed by atoms with van der Waals surface area (Å²) in [7, 11) is 2.49. The Morgan fingerprint density at radius 3 is 2.43 bits per heavy atom. The Morgan fingerprint density at radius 2 is 1.79 bits per heavy atom. The molecule has 28 heavy (non-hydrogen) atoms. The van der Waals surface area contributed by atoms with Crippen LogP contribution in [0.25, 0.3) is 0 Å². The van der Waals surface area contributed by atoms with E-state index in [9.17, 15) is 14.4 Å². The summed E-state index contributed by atoms with van der Waals surface area (Å²) in [5, 5.41) is 0. The fourth-order valence-electron chi connectivity index (χ4n) is 3.34. The van der Waals surface area contributed by atoms with Crippen LogP contribution in [0.2, 0.25) is 0 Å². The largest absolute Gasteiger partial charge is 0.465 e. The van der Waals surface area contributed by atoms with Gasteiger partial charge in [0.05, 0.1) is 31.2 Å². The van der Waals surface area contributed by atoms with Gasteiger partial charge in [0.1, 0.15) is 5.70 Å². The predicted molar refractivity (Wildman–Crippen MR) is 108 cm³/mol. The van der Waals surface area contributed by atoms with Gasteiger partial charge < -0.3 is 19.3 Å². The second-order valence-electron chi connectivity index (χ2n) is 6.17. The molecule has 0 saturated heterocycles. The van der Waals surface area contributed by atoms with Crippen molar-refractivity contribution < 1.29 is 23.9 Å². The Kier molecular flexibility index (Phi) is 5.69. The van der Waals surface area contributed by atoms with Crippen molar-refractivity contribution in [3.63, 3.8) is 0 Å². The minimum Gasteiger partial charge on any atom is -0.465 e. The van der Waals surface area contributed by atoms with E-state index in [4.69, 9.17) is 9.47 Å². The van der Waals surface area contributed by atoms with E-state index in [0.717, 1.165) is 10.0 Å². The van der Waals surface area contributed by atoms with Gasteiger partial charge in [-0.05, 0) is 36.3 Å². The number of amides is 1. The third kappa shape index (κ3) is 3.47. The van der Waals surface area contributed by atoms with Crippen LogP contribution in [0, 0.1) is 0 Å². The Hall–Kier alpha value is -2.87. The molecule has 0 aromatic heterocycles. The Bertz CT molecular complexity index is 948. The first kappa shape index (κ1) is 19.9. The summed E-state index contributed by atoms with van der Waals surface area (Å²) in [5.74, 6) is -1.46. The van der Waals surface area contributed by atoms with Gasteiger partial charge in [0.15, 0.2) is 0 Å². The average molecular weight is 447 g/mol. The average Bonchev–Trinajstić information content (AvgIpc) is 2.97. The monoisotopic (exact) mass is 446 g/mol. The maximum atomic E-state index is 12.6. The summed E-state index contributed by atoms with van der Waals surface area (Å²) >= 11 is 3.50. The summed E-state index contributed by atoms with van der Waals surface area (Å²) in [6.45, 7) is 2.04. The van der Waals surface area contributed by atoms with Gasteiger partial charge in [-0.25, -0.2) is 9.59 Å². The topological polar surface area (TPSA) is 76.2 Å². The number of allylic oxidation sites excluding steroid dienone is 2. The van der Waals surface area contributed by atoms with Crippen LogP contribution in [-0.4, -0.2) is 38.6 Å². The number of hydrogen-bond donors (Lipinski definition) is 0. The number of methoxy groups -OCH3 is 2. The molecule has 0 radical (unpaired) electrons. The van der Waals surface area contributed by atoms with Gasteiger partial charge in [0, 0.05) is 24.1 Å². The minimum absolute atomic E-state index is 0.00931. The molecule has 7 nitrogen and oxygen atoms in total. The van der Waals surface area contributed by atoms with Crippen molar-refractivity contribution in [3.05, 3.63) is 57.9 Å². The lowest BCUT2D eigenvalue weighted by atomic mass is 10.1. The number of carbonyl (C=O) groups excluding carboxylic acids is 3. The number of esters is 2. The molecule has 0 saturated carbocycles. The van der Waals surface area contributed by atoms with Crippen molar-refractivity contribution in [3.8, 4) is 0 Å². The molecule has 3 rings (SSSR count). The molecule has 1 aromatic rings.